The summed E-state index contributed by atoms with van der Waals surface area (Å²) in [5.74, 6) is -0.135. The van der Waals surface area contributed by atoms with Gasteiger partial charge in [-0.25, -0.2) is 13.4 Å². The van der Waals surface area contributed by atoms with Crippen LogP contribution in [0.3, 0.4) is 0 Å². The summed E-state index contributed by atoms with van der Waals surface area (Å²) < 4.78 is 37.2. The average molecular weight is 492 g/mol. The van der Waals surface area contributed by atoms with Crippen LogP contribution < -0.4 is 5.32 Å². The molecule has 0 radical (unpaired) electrons. The molecule has 9 nitrogen and oxygen atoms in total. The smallest absolute Gasteiger partial charge is 0.325 e. The summed E-state index contributed by atoms with van der Waals surface area (Å²) in [4.78, 5) is 29.7. The van der Waals surface area contributed by atoms with Gasteiger partial charge in [-0.15, -0.1) is 11.3 Å². The first-order valence-electron chi connectivity index (χ1n) is 10.3. The van der Waals surface area contributed by atoms with Crippen LogP contribution in [0.4, 0.5) is 0 Å². The van der Waals surface area contributed by atoms with Crippen LogP contribution in [-0.2, 0) is 26.2 Å². The number of rotatable bonds is 10. The standard InChI is InChI=1S/C22H25N3O6S2/c1-4-25(5-2)33(28,29)17-10-8-16(9-11-17)21(27)23-13-20(26)30-14-18-15(3)31-22(24-18)19-7-6-12-32-19/h6-12H,4-5,13-14H2,1-3H3,(H,23,27). The highest BCUT2D eigenvalue weighted by Crippen LogP contribution is 2.26. The van der Waals surface area contributed by atoms with Crippen LogP contribution in [0, 0.1) is 6.92 Å². The van der Waals surface area contributed by atoms with Gasteiger partial charge >= 0.3 is 5.97 Å². The average Bonchev–Trinajstić information content (AvgIpc) is 3.46. The van der Waals surface area contributed by atoms with Gasteiger partial charge in [-0.2, -0.15) is 4.31 Å². The van der Waals surface area contributed by atoms with E-state index in [1.54, 1.807) is 20.8 Å². The van der Waals surface area contributed by atoms with Gasteiger partial charge < -0.3 is 14.5 Å². The minimum absolute atomic E-state index is 0.0761. The van der Waals surface area contributed by atoms with Crippen LogP contribution in [0.15, 0.2) is 51.1 Å². The second kappa shape index (κ2) is 10.7. The van der Waals surface area contributed by atoms with Crippen LogP contribution in [0.25, 0.3) is 10.8 Å². The minimum atomic E-state index is -3.60. The van der Waals surface area contributed by atoms with Gasteiger partial charge in [0.1, 0.15) is 24.6 Å². The van der Waals surface area contributed by atoms with Gasteiger partial charge in [0.05, 0.1) is 9.77 Å². The molecule has 0 atom stereocenters. The molecule has 0 aliphatic rings. The number of ether oxygens (including phenoxy) is 1. The van der Waals surface area contributed by atoms with E-state index in [2.05, 4.69) is 10.3 Å². The molecule has 176 valence electrons. The molecular formula is C22H25N3O6S2. The monoisotopic (exact) mass is 491 g/mol. The molecule has 11 heteroatoms. The lowest BCUT2D eigenvalue weighted by atomic mass is 10.2. The van der Waals surface area contributed by atoms with Crippen molar-refractivity contribution < 1.29 is 27.2 Å². The number of nitrogens with one attached hydrogen (secondary N) is 1. The predicted molar refractivity (Wildman–Crippen MR) is 123 cm³/mol. The maximum absolute atomic E-state index is 12.5. The molecule has 1 N–H and O–H groups in total. The number of hydrogen-bond acceptors (Lipinski definition) is 8. The lowest BCUT2D eigenvalue weighted by molar-refractivity contribution is -0.143. The maximum Gasteiger partial charge on any atom is 0.325 e. The molecule has 3 aromatic rings. The van der Waals surface area contributed by atoms with Crippen molar-refractivity contribution in [1.29, 1.82) is 0 Å². The zero-order valence-electron chi connectivity index (χ0n) is 18.5. The number of esters is 1. The number of benzene rings is 1. The van der Waals surface area contributed by atoms with Crippen molar-refractivity contribution in [1.82, 2.24) is 14.6 Å². The fraction of sp³-hybridized carbons (Fsp3) is 0.318. The lowest BCUT2D eigenvalue weighted by Gasteiger charge is -2.18. The highest BCUT2D eigenvalue weighted by atomic mass is 32.2. The molecule has 0 saturated heterocycles. The normalized spacial score (nSPS) is 11.5. The Hall–Kier alpha value is -3.02. The van der Waals surface area contributed by atoms with Crippen LogP contribution in [0.1, 0.15) is 35.7 Å². The Bertz CT molecular complexity index is 1200. The van der Waals surface area contributed by atoms with Crippen molar-refractivity contribution in [2.75, 3.05) is 19.6 Å². The molecule has 0 saturated carbocycles. The summed E-state index contributed by atoms with van der Waals surface area (Å²) in [6, 6.07) is 9.33. The van der Waals surface area contributed by atoms with Crippen LogP contribution in [0.2, 0.25) is 0 Å². The maximum atomic E-state index is 12.5. The minimum Gasteiger partial charge on any atom is -0.458 e. The van der Waals surface area contributed by atoms with Crippen molar-refractivity contribution in [3.05, 3.63) is 58.8 Å². The molecule has 2 aromatic heterocycles. The van der Waals surface area contributed by atoms with Crippen molar-refractivity contribution in [3.8, 4) is 10.8 Å². The molecular weight excluding hydrogens is 466 g/mol. The first kappa shape index (κ1) is 24.6. The van der Waals surface area contributed by atoms with E-state index in [9.17, 15) is 18.0 Å². The van der Waals surface area contributed by atoms with E-state index in [1.165, 1.54) is 39.9 Å². The van der Waals surface area contributed by atoms with Crippen LogP contribution in [-0.4, -0.2) is 49.2 Å². The fourth-order valence-corrected chi connectivity index (χ4v) is 5.12. The fourth-order valence-electron chi connectivity index (χ4n) is 3.01. The van der Waals surface area contributed by atoms with Gasteiger partial charge in [-0.1, -0.05) is 19.9 Å². The van der Waals surface area contributed by atoms with E-state index in [-0.39, 0.29) is 23.6 Å². The quantitative estimate of drug-likeness (QED) is 0.433. The first-order valence-corrected chi connectivity index (χ1v) is 12.6. The zero-order chi connectivity index (χ0) is 24.0. The Labute approximate surface area is 196 Å². The second-order valence-electron chi connectivity index (χ2n) is 6.96. The summed E-state index contributed by atoms with van der Waals surface area (Å²) in [5.41, 5.74) is 0.734. The number of sulfonamides is 1. The number of carbonyl (C=O) groups excluding carboxylic acids is 2. The summed E-state index contributed by atoms with van der Waals surface area (Å²) in [7, 11) is -3.60. The van der Waals surface area contributed by atoms with E-state index in [1.807, 2.05) is 17.5 Å². The van der Waals surface area contributed by atoms with Gasteiger partial charge in [0.25, 0.3) is 5.91 Å². The number of thiophene rings is 1. The molecule has 1 amide bonds. The number of amides is 1. The van der Waals surface area contributed by atoms with Crippen molar-refractivity contribution in [2.45, 2.75) is 32.3 Å². The number of aromatic nitrogens is 1. The molecule has 0 unspecified atom stereocenters. The third-order valence-corrected chi connectivity index (χ3v) is 7.77. The van der Waals surface area contributed by atoms with E-state index in [0.29, 0.717) is 30.4 Å². The summed E-state index contributed by atoms with van der Waals surface area (Å²) >= 11 is 1.49. The van der Waals surface area contributed by atoms with Gasteiger partial charge in [-0.05, 0) is 42.6 Å². The Balaban J connectivity index is 1.52. The Morgan fingerprint density at radius 1 is 1.15 bits per heavy atom. The lowest BCUT2D eigenvalue weighted by Crippen LogP contribution is -2.31. The van der Waals surface area contributed by atoms with Crippen LogP contribution in [0.5, 0.6) is 0 Å². The number of aryl methyl sites for hydroxylation is 1. The summed E-state index contributed by atoms with van der Waals surface area (Å²) in [6.07, 6.45) is 0. The van der Waals surface area contributed by atoms with Gasteiger partial charge in [-0.3, -0.25) is 9.59 Å². The van der Waals surface area contributed by atoms with Gasteiger partial charge in [0.2, 0.25) is 15.9 Å². The third kappa shape index (κ3) is 5.86. The van der Waals surface area contributed by atoms with Crippen molar-refractivity contribution in [3.63, 3.8) is 0 Å². The Morgan fingerprint density at radius 3 is 2.45 bits per heavy atom. The molecule has 2 heterocycles. The summed E-state index contributed by atoms with van der Waals surface area (Å²) in [6.45, 7) is 5.54. The Morgan fingerprint density at radius 2 is 1.85 bits per heavy atom. The molecule has 3 rings (SSSR count). The SMILES string of the molecule is CCN(CC)S(=O)(=O)c1ccc(C(=O)NCC(=O)OCc2nc(-c3cccs3)oc2C)cc1. The highest BCUT2D eigenvalue weighted by Gasteiger charge is 2.22. The molecule has 33 heavy (non-hydrogen) atoms. The number of oxazole rings is 1. The van der Waals surface area contributed by atoms with Crippen molar-refractivity contribution >= 4 is 33.2 Å². The first-order chi connectivity index (χ1) is 15.8. The predicted octanol–water partition coefficient (Wildman–Crippen LogP) is 3.22. The second-order valence-corrected chi connectivity index (χ2v) is 9.84. The van der Waals surface area contributed by atoms with Gasteiger partial charge in [0, 0.05) is 18.7 Å². The topological polar surface area (TPSA) is 119 Å². The molecule has 0 fully saturated rings. The van der Waals surface area contributed by atoms with Crippen LogP contribution >= 0.6 is 11.3 Å². The van der Waals surface area contributed by atoms with Gasteiger partial charge in [0.15, 0.2) is 0 Å². The number of nitrogens with zero attached hydrogens (tertiary/aromatic N) is 2. The number of carbonyl (C=O) groups is 2. The third-order valence-electron chi connectivity index (χ3n) is 4.85. The van der Waals surface area contributed by atoms with Crippen molar-refractivity contribution in [2.24, 2.45) is 0 Å². The van der Waals surface area contributed by atoms with E-state index < -0.39 is 21.9 Å². The summed E-state index contributed by atoms with van der Waals surface area (Å²) in [5, 5.41) is 4.38. The Kier molecular flexibility index (Phi) is 8.01. The highest BCUT2D eigenvalue weighted by molar-refractivity contribution is 7.89. The molecule has 0 spiro atoms. The van der Waals surface area contributed by atoms with E-state index in [4.69, 9.17) is 9.15 Å². The largest absolute Gasteiger partial charge is 0.458 e. The van der Waals surface area contributed by atoms with E-state index in [0.717, 1.165) is 4.88 Å². The zero-order valence-corrected chi connectivity index (χ0v) is 20.2. The molecule has 0 aliphatic heterocycles. The molecule has 0 aliphatic carbocycles. The molecule has 1 aromatic carbocycles. The number of hydrogen-bond donors (Lipinski definition) is 1. The molecule has 0 bridgehead atoms. The van der Waals surface area contributed by atoms with E-state index >= 15 is 0 Å².